The van der Waals surface area contributed by atoms with Crippen molar-refractivity contribution >= 4 is 17.2 Å². The Kier molecular flexibility index (Phi) is 5.95. The molecule has 1 aliphatic heterocycles. The van der Waals surface area contributed by atoms with Crippen molar-refractivity contribution in [2.24, 2.45) is 0 Å². The van der Waals surface area contributed by atoms with Gasteiger partial charge in [0, 0.05) is 29.3 Å². The molecule has 1 amide bonds. The first-order valence-corrected chi connectivity index (χ1v) is 9.20. The first kappa shape index (κ1) is 17.8. The van der Waals surface area contributed by atoms with Gasteiger partial charge in [0.2, 0.25) is 5.56 Å². The summed E-state index contributed by atoms with van der Waals surface area (Å²) in [6, 6.07) is 2.87. The molecule has 0 unspecified atom stereocenters. The first-order chi connectivity index (χ1) is 12.2. The minimum Gasteiger partial charge on any atom is -0.379 e. The molecule has 3 rings (SSSR count). The number of aromatic nitrogens is 2. The summed E-state index contributed by atoms with van der Waals surface area (Å²) in [6.45, 7) is 3.30. The maximum absolute atomic E-state index is 12.5. The molecule has 0 aromatic carbocycles. The second-order valence-electron chi connectivity index (χ2n) is 5.88. The van der Waals surface area contributed by atoms with Crippen molar-refractivity contribution < 1.29 is 14.3 Å². The summed E-state index contributed by atoms with van der Waals surface area (Å²) in [5.41, 5.74) is 3.45. The van der Waals surface area contributed by atoms with E-state index in [0.29, 0.717) is 38.2 Å². The van der Waals surface area contributed by atoms with Crippen LogP contribution in [0.4, 0.5) is 0 Å². The zero-order valence-electron chi connectivity index (χ0n) is 14.0. The summed E-state index contributed by atoms with van der Waals surface area (Å²) >= 11 is 1.52. The fraction of sp³-hybridized carbons (Fsp3) is 0.471. The molecule has 0 spiro atoms. The Bertz CT molecular complexity index is 760. The molecule has 2 N–H and O–H groups in total. The van der Waals surface area contributed by atoms with E-state index in [9.17, 15) is 9.59 Å². The van der Waals surface area contributed by atoms with Crippen LogP contribution < -0.4 is 10.9 Å². The summed E-state index contributed by atoms with van der Waals surface area (Å²) in [7, 11) is 0. The average molecular weight is 363 g/mol. The summed E-state index contributed by atoms with van der Waals surface area (Å²) in [4.78, 5) is 31.1. The topological polar surface area (TPSA) is 93.3 Å². The number of H-pyrrole nitrogens is 1. The Morgan fingerprint density at radius 1 is 1.52 bits per heavy atom. The number of ether oxygens (including phenoxy) is 2. The van der Waals surface area contributed by atoms with Gasteiger partial charge in [-0.1, -0.05) is 6.92 Å². The number of carbonyl (C=O) groups excluding carboxylic acids is 1. The molecule has 2 aromatic rings. The van der Waals surface area contributed by atoms with Crippen LogP contribution in [0.5, 0.6) is 0 Å². The highest BCUT2D eigenvalue weighted by atomic mass is 32.1. The van der Waals surface area contributed by atoms with E-state index in [4.69, 9.17) is 9.47 Å². The molecule has 0 aliphatic carbocycles. The lowest BCUT2D eigenvalue weighted by Gasteiger charge is -2.32. The number of aryl methyl sites for hydroxylation is 1. The van der Waals surface area contributed by atoms with E-state index in [1.807, 2.05) is 12.3 Å². The Labute approximate surface area is 149 Å². The predicted octanol–water partition coefficient (Wildman–Crippen LogP) is 1.50. The van der Waals surface area contributed by atoms with Gasteiger partial charge in [-0.3, -0.25) is 9.59 Å². The van der Waals surface area contributed by atoms with Gasteiger partial charge < -0.3 is 19.8 Å². The van der Waals surface area contributed by atoms with Crippen molar-refractivity contribution in [1.82, 2.24) is 15.3 Å². The Balaban J connectivity index is 1.65. The summed E-state index contributed by atoms with van der Waals surface area (Å²) in [5.74, 6) is -0.269. The van der Waals surface area contributed by atoms with Gasteiger partial charge >= 0.3 is 0 Å². The first-order valence-electron chi connectivity index (χ1n) is 8.26. The van der Waals surface area contributed by atoms with Crippen LogP contribution in [0.2, 0.25) is 0 Å². The number of pyridine rings is 1. The average Bonchev–Trinajstić information content (AvgIpc) is 3.14. The molecule has 1 aliphatic rings. The third-order valence-corrected chi connectivity index (χ3v) is 4.73. The Hall–Kier alpha value is -2.03. The highest BCUT2D eigenvalue weighted by molar-refractivity contribution is 7.07. The number of amides is 1. The van der Waals surface area contributed by atoms with Gasteiger partial charge in [-0.25, -0.2) is 4.98 Å². The number of aromatic amines is 1. The maximum atomic E-state index is 12.5. The van der Waals surface area contributed by atoms with Crippen LogP contribution >= 0.6 is 11.3 Å². The molecule has 1 saturated heterocycles. The monoisotopic (exact) mass is 363 g/mol. The molecule has 25 heavy (non-hydrogen) atoms. The Morgan fingerprint density at radius 3 is 3.16 bits per heavy atom. The van der Waals surface area contributed by atoms with Crippen LogP contribution in [0.15, 0.2) is 27.8 Å². The normalized spacial score (nSPS) is 20.4. The van der Waals surface area contributed by atoms with E-state index in [0.717, 1.165) is 11.4 Å². The minimum absolute atomic E-state index is 0.163. The van der Waals surface area contributed by atoms with Gasteiger partial charge in [-0.2, -0.15) is 0 Å². The fourth-order valence-electron chi connectivity index (χ4n) is 2.72. The van der Waals surface area contributed by atoms with Crippen LogP contribution in [-0.2, 0) is 22.5 Å². The van der Waals surface area contributed by atoms with Gasteiger partial charge in [0.15, 0.2) is 0 Å². The molecule has 0 saturated carbocycles. The molecule has 2 atom stereocenters. The van der Waals surface area contributed by atoms with Crippen molar-refractivity contribution in [2.45, 2.75) is 38.5 Å². The van der Waals surface area contributed by atoms with E-state index in [1.165, 1.54) is 17.4 Å². The summed E-state index contributed by atoms with van der Waals surface area (Å²) in [6.07, 6.45) is 1.08. The molecular weight excluding hydrogens is 342 g/mol. The van der Waals surface area contributed by atoms with Crippen LogP contribution in [0.3, 0.4) is 0 Å². The van der Waals surface area contributed by atoms with Crippen molar-refractivity contribution in [2.75, 3.05) is 13.2 Å². The van der Waals surface area contributed by atoms with Crippen molar-refractivity contribution in [3.63, 3.8) is 0 Å². The SMILES string of the molecule is CCc1cc(C(=O)N[C@@H]2CCOC[C@H]2OCc2cscn2)cc(=O)[nH]1. The largest absolute Gasteiger partial charge is 0.379 e. The molecular formula is C17H21N3O4S. The molecule has 1 fully saturated rings. The van der Waals surface area contributed by atoms with Gasteiger partial charge in [-0.05, 0) is 18.9 Å². The number of nitrogens with zero attached hydrogens (tertiary/aromatic N) is 1. The number of carbonyl (C=O) groups is 1. The molecule has 2 aromatic heterocycles. The third-order valence-electron chi connectivity index (χ3n) is 4.09. The molecule has 8 heteroatoms. The highest BCUT2D eigenvalue weighted by Crippen LogP contribution is 2.15. The second kappa shape index (κ2) is 8.37. The quantitative estimate of drug-likeness (QED) is 0.811. The summed E-state index contributed by atoms with van der Waals surface area (Å²) < 4.78 is 11.4. The molecule has 134 valence electrons. The molecule has 7 nitrogen and oxygen atoms in total. The number of hydrogen-bond acceptors (Lipinski definition) is 6. The second-order valence-corrected chi connectivity index (χ2v) is 6.60. The summed E-state index contributed by atoms with van der Waals surface area (Å²) in [5, 5.41) is 4.91. The van der Waals surface area contributed by atoms with Crippen molar-refractivity contribution in [1.29, 1.82) is 0 Å². The maximum Gasteiger partial charge on any atom is 0.251 e. The lowest BCUT2D eigenvalue weighted by molar-refractivity contribution is -0.0742. The van der Waals surface area contributed by atoms with Gasteiger partial charge in [0.05, 0.1) is 30.5 Å². The Morgan fingerprint density at radius 2 is 2.40 bits per heavy atom. The van der Waals surface area contributed by atoms with Gasteiger partial charge in [0.25, 0.3) is 5.91 Å². The van der Waals surface area contributed by atoms with Crippen LogP contribution in [-0.4, -0.2) is 41.2 Å². The van der Waals surface area contributed by atoms with Gasteiger partial charge in [-0.15, -0.1) is 11.3 Å². The van der Waals surface area contributed by atoms with E-state index < -0.39 is 0 Å². The van der Waals surface area contributed by atoms with Crippen LogP contribution in [0.1, 0.15) is 35.1 Å². The van der Waals surface area contributed by atoms with E-state index >= 15 is 0 Å². The van der Waals surface area contributed by atoms with Crippen LogP contribution in [0.25, 0.3) is 0 Å². The zero-order valence-corrected chi connectivity index (χ0v) is 14.8. The number of rotatable bonds is 6. The van der Waals surface area contributed by atoms with Crippen molar-refractivity contribution in [3.05, 3.63) is 50.3 Å². The standard InChI is InChI=1S/C17H21N3O4S/c1-2-12-5-11(6-16(21)19-12)17(22)20-14-3-4-23-8-15(14)24-7-13-9-25-10-18-13/h5-6,9-10,14-15H,2-4,7-8H2,1H3,(H,19,21)(H,20,22)/t14-,15-/m1/s1. The molecule has 0 bridgehead atoms. The zero-order chi connectivity index (χ0) is 17.6. The lowest BCUT2D eigenvalue weighted by atomic mass is 10.0. The van der Waals surface area contributed by atoms with Gasteiger partial charge in [0.1, 0.15) is 6.10 Å². The smallest absolute Gasteiger partial charge is 0.251 e. The molecule has 3 heterocycles. The van der Waals surface area contributed by atoms with E-state index in [2.05, 4.69) is 15.3 Å². The highest BCUT2D eigenvalue weighted by Gasteiger charge is 2.28. The minimum atomic E-state index is -0.271. The van der Waals surface area contributed by atoms with Crippen LogP contribution in [0, 0.1) is 0 Å². The van der Waals surface area contributed by atoms with E-state index in [1.54, 1.807) is 11.6 Å². The third kappa shape index (κ3) is 4.75. The predicted molar refractivity (Wildman–Crippen MR) is 93.8 cm³/mol. The number of hydrogen-bond donors (Lipinski definition) is 2. The fourth-order valence-corrected chi connectivity index (χ4v) is 3.26. The molecule has 0 radical (unpaired) electrons. The van der Waals surface area contributed by atoms with Crippen molar-refractivity contribution in [3.8, 4) is 0 Å². The van der Waals surface area contributed by atoms with E-state index in [-0.39, 0.29) is 23.6 Å². The lowest BCUT2D eigenvalue weighted by Crippen LogP contribution is -2.50. The number of nitrogens with one attached hydrogen (secondary N) is 2. The number of thiazole rings is 1.